The third-order valence-corrected chi connectivity index (χ3v) is 10.6. The van der Waals surface area contributed by atoms with E-state index in [-0.39, 0.29) is 41.2 Å². The van der Waals surface area contributed by atoms with Crippen LogP contribution in [0.1, 0.15) is 56.6 Å². The summed E-state index contributed by atoms with van der Waals surface area (Å²) >= 11 is 0. The third-order valence-electron chi connectivity index (χ3n) is 9.00. The molecule has 2 aromatic carbocycles. The molecule has 2 aliphatic carbocycles. The maximum atomic E-state index is 14.2. The zero-order valence-electron chi connectivity index (χ0n) is 23.0. The van der Waals surface area contributed by atoms with Gasteiger partial charge in [0.25, 0.3) is 0 Å². The van der Waals surface area contributed by atoms with Crippen molar-refractivity contribution in [2.75, 3.05) is 29.5 Å². The Hall–Kier alpha value is -3.65. The van der Waals surface area contributed by atoms with Crippen LogP contribution in [-0.4, -0.2) is 48.6 Å². The highest BCUT2D eigenvalue weighted by atomic mass is 32.2. The van der Waals surface area contributed by atoms with Crippen molar-refractivity contribution in [3.63, 3.8) is 0 Å². The Kier molecular flexibility index (Phi) is 7.37. The number of ketones is 1. The first-order chi connectivity index (χ1) is 20.1. The fourth-order valence-electron chi connectivity index (χ4n) is 6.30. The second kappa shape index (κ2) is 10.9. The van der Waals surface area contributed by atoms with Crippen LogP contribution in [0, 0.1) is 40.1 Å². The molecule has 3 aromatic rings. The zero-order chi connectivity index (χ0) is 29.6. The van der Waals surface area contributed by atoms with E-state index in [1.54, 1.807) is 6.20 Å². The molecule has 0 N–H and O–H groups in total. The van der Waals surface area contributed by atoms with E-state index in [9.17, 15) is 31.6 Å². The summed E-state index contributed by atoms with van der Waals surface area (Å²) in [5.41, 5.74) is 2.43. The minimum atomic E-state index is -3.02. The van der Waals surface area contributed by atoms with Crippen molar-refractivity contribution in [2.24, 2.45) is 11.3 Å². The van der Waals surface area contributed by atoms with Crippen molar-refractivity contribution < 1.29 is 26.4 Å². The molecule has 7 nitrogen and oxygen atoms in total. The van der Waals surface area contributed by atoms with Gasteiger partial charge in [-0.3, -0.25) is 4.79 Å². The van der Waals surface area contributed by atoms with Crippen LogP contribution < -0.4 is 4.90 Å². The van der Waals surface area contributed by atoms with Gasteiger partial charge in [-0.2, -0.15) is 10.4 Å². The van der Waals surface area contributed by atoms with E-state index in [1.807, 2.05) is 29.2 Å². The van der Waals surface area contributed by atoms with Crippen LogP contribution in [-0.2, 0) is 14.6 Å². The number of hydrogen-bond acceptors (Lipinski definition) is 6. The SMILES string of the molecule is N#CC1(CC(=O)[C@@H]2CCCC[C@H]2c2nn(-c3cc(F)c(F)c(F)c3)cc2-c2ccc(N3CCS(=O)(=O)CC3)cc2)CC1. The first-order valence-corrected chi connectivity index (χ1v) is 16.1. The summed E-state index contributed by atoms with van der Waals surface area (Å²) < 4.78 is 67.1. The van der Waals surface area contributed by atoms with E-state index < -0.39 is 32.7 Å². The van der Waals surface area contributed by atoms with E-state index >= 15 is 0 Å². The van der Waals surface area contributed by atoms with Crippen LogP contribution in [0.25, 0.3) is 16.8 Å². The molecule has 2 atom stereocenters. The molecule has 3 aliphatic rings. The van der Waals surface area contributed by atoms with E-state index in [2.05, 4.69) is 6.07 Å². The number of carbonyl (C=O) groups excluding carboxylic acids is 1. The Morgan fingerprint density at radius 2 is 1.64 bits per heavy atom. The first-order valence-electron chi connectivity index (χ1n) is 14.3. The van der Waals surface area contributed by atoms with Crippen LogP contribution in [0.5, 0.6) is 0 Å². The fraction of sp³-hybridized carbons (Fsp3) is 0.452. The van der Waals surface area contributed by atoms with E-state index in [4.69, 9.17) is 5.10 Å². The number of hydrogen-bond donors (Lipinski definition) is 0. The zero-order valence-corrected chi connectivity index (χ0v) is 23.8. The minimum Gasteiger partial charge on any atom is -0.369 e. The summed E-state index contributed by atoms with van der Waals surface area (Å²) in [7, 11) is -3.02. The molecule has 220 valence electrons. The van der Waals surface area contributed by atoms with Crippen molar-refractivity contribution in [1.82, 2.24) is 9.78 Å². The summed E-state index contributed by atoms with van der Waals surface area (Å²) in [6.45, 7) is 0.811. The summed E-state index contributed by atoms with van der Waals surface area (Å²) in [4.78, 5) is 15.6. The lowest BCUT2D eigenvalue weighted by Gasteiger charge is -2.31. The molecule has 1 aromatic heterocycles. The van der Waals surface area contributed by atoms with Crippen molar-refractivity contribution in [3.05, 3.63) is 65.7 Å². The number of anilines is 1. The average Bonchev–Trinajstić information content (AvgIpc) is 3.62. The Morgan fingerprint density at radius 3 is 2.26 bits per heavy atom. The summed E-state index contributed by atoms with van der Waals surface area (Å²) in [5.74, 6) is -4.55. The molecule has 42 heavy (non-hydrogen) atoms. The van der Waals surface area contributed by atoms with E-state index in [0.717, 1.165) is 49.1 Å². The lowest BCUT2D eigenvalue weighted by molar-refractivity contribution is -0.125. The van der Waals surface area contributed by atoms with E-state index in [0.29, 0.717) is 37.2 Å². The topological polar surface area (TPSA) is 96.1 Å². The van der Waals surface area contributed by atoms with Crippen molar-refractivity contribution in [3.8, 4) is 22.9 Å². The maximum Gasteiger partial charge on any atom is 0.194 e. The number of sulfone groups is 1. The molecule has 0 radical (unpaired) electrons. The van der Waals surface area contributed by atoms with Gasteiger partial charge >= 0.3 is 0 Å². The second-order valence-corrected chi connectivity index (χ2v) is 14.1. The van der Waals surface area contributed by atoms with Gasteiger partial charge in [-0.15, -0.1) is 0 Å². The smallest absolute Gasteiger partial charge is 0.194 e. The predicted octanol–water partition coefficient (Wildman–Crippen LogP) is 5.73. The molecule has 0 amide bonds. The van der Waals surface area contributed by atoms with Crippen molar-refractivity contribution in [1.29, 1.82) is 5.26 Å². The average molecular weight is 597 g/mol. The molecule has 0 bridgehead atoms. The number of carbonyl (C=O) groups is 1. The monoisotopic (exact) mass is 596 g/mol. The van der Waals surface area contributed by atoms with Gasteiger partial charge in [-0.1, -0.05) is 25.0 Å². The highest BCUT2D eigenvalue weighted by Crippen LogP contribution is 2.51. The standard InChI is InChI=1S/C31H31F3N4O3S/c32-26-15-22(16-27(33)29(26)34)38-18-25(20-5-7-21(8-6-20)37-11-13-42(40,41)14-12-37)30(36-38)24-4-2-1-3-23(24)28(39)17-31(19-35)9-10-31/h5-8,15-16,18,23-24H,1-4,9-14,17H2/t23-,24-/m1/s1. The minimum absolute atomic E-state index is 0.0187. The quantitative estimate of drug-likeness (QED) is 0.324. The molecule has 0 spiro atoms. The Labute approximate surface area is 242 Å². The summed E-state index contributed by atoms with van der Waals surface area (Å²) in [6.07, 6.45) is 6.47. The predicted molar refractivity (Wildman–Crippen MR) is 151 cm³/mol. The van der Waals surface area contributed by atoms with Crippen LogP contribution in [0.15, 0.2) is 42.6 Å². The molecular weight excluding hydrogens is 565 g/mol. The summed E-state index contributed by atoms with van der Waals surface area (Å²) in [5, 5.41) is 14.3. The molecule has 0 unspecified atom stereocenters. The molecule has 1 saturated heterocycles. The van der Waals surface area contributed by atoms with Crippen LogP contribution in [0.2, 0.25) is 0 Å². The summed E-state index contributed by atoms with van der Waals surface area (Å²) in [6, 6.07) is 11.7. The van der Waals surface area contributed by atoms with Gasteiger partial charge in [0.1, 0.15) is 5.78 Å². The number of nitriles is 1. The Morgan fingerprint density at radius 1 is 1.00 bits per heavy atom. The van der Waals surface area contributed by atoms with Crippen molar-refractivity contribution >= 4 is 21.3 Å². The van der Waals surface area contributed by atoms with Gasteiger partial charge in [0, 0.05) is 60.9 Å². The van der Waals surface area contributed by atoms with Crippen LogP contribution in [0.4, 0.5) is 18.9 Å². The number of halogens is 3. The molecular formula is C31H31F3N4O3S. The van der Waals surface area contributed by atoms with Gasteiger partial charge in [0.15, 0.2) is 27.3 Å². The molecule has 1 aliphatic heterocycles. The normalized spacial score (nSPS) is 22.9. The Balaban J connectivity index is 1.38. The molecule has 6 rings (SSSR count). The highest BCUT2D eigenvalue weighted by molar-refractivity contribution is 7.91. The van der Waals surface area contributed by atoms with E-state index in [1.165, 1.54) is 4.68 Å². The maximum absolute atomic E-state index is 14.2. The second-order valence-electron chi connectivity index (χ2n) is 11.8. The fourth-order valence-corrected chi connectivity index (χ4v) is 7.50. The number of benzene rings is 2. The lowest BCUT2D eigenvalue weighted by Crippen LogP contribution is -2.40. The Bertz CT molecular complexity index is 1640. The van der Waals surface area contributed by atoms with Gasteiger partial charge in [-0.05, 0) is 43.4 Å². The molecule has 2 saturated carbocycles. The van der Waals surface area contributed by atoms with Crippen LogP contribution >= 0.6 is 0 Å². The molecule has 2 heterocycles. The first kappa shape index (κ1) is 28.5. The number of aromatic nitrogens is 2. The lowest BCUT2D eigenvalue weighted by atomic mass is 9.72. The van der Waals surface area contributed by atoms with Gasteiger partial charge in [-0.25, -0.2) is 26.3 Å². The number of Topliss-reactive ketones (excluding diaryl/α,β-unsaturated/α-hetero) is 1. The number of nitrogens with zero attached hydrogens (tertiary/aromatic N) is 4. The van der Waals surface area contributed by atoms with Gasteiger partial charge in [0.2, 0.25) is 0 Å². The van der Waals surface area contributed by atoms with Crippen LogP contribution in [0.3, 0.4) is 0 Å². The molecule has 11 heteroatoms. The van der Waals surface area contributed by atoms with Crippen molar-refractivity contribution in [2.45, 2.75) is 50.9 Å². The van der Waals surface area contributed by atoms with Gasteiger partial charge in [0.05, 0.1) is 34.4 Å². The highest BCUT2D eigenvalue weighted by Gasteiger charge is 2.47. The largest absolute Gasteiger partial charge is 0.369 e. The number of rotatable bonds is 7. The van der Waals surface area contributed by atoms with Gasteiger partial charge < -0.3 is 4.90 Å². The molecule has 3 fully saturated rings. The third kappa shape index (κ3) is 5.56.